The first-order valence-corrected chi connectivity index (χ1v) is 22.8. The quantitative estimate of drug-likeness (QED) is 0.181. The number of fused-ring (bicyclic) bond motifs is 4. The summed E-state index contributed by atoms with van der Waals surface area (Å²) in [7, 11) is 0. The number of hydrogen-bond acceptors (Lipinski definition) is 2. The average molecular weight is 766 g/mol. The second-order valence-electron chi connectivity index (χ2n) is 22.3. The molecule has 4 fully saturated rings. The Kier molecular flexibility index (Phi) is 7.84. The number of anilines is 3. The van der Waals surface area contributed by atoms with Gasteiger partial charge in [0.25, 0.3) is 0 Å². The summed E-state index contributed by atoms with van der Waals surface area (Å²) in [4.78, 5) is 2.61. The van der Waals surface area contributed by atoms with E-state index in [1.54, 1.807) is 0 Å². The van der Waals surface area contributed by atoms with E-state index in [0.717, 1.165) is 23.3 Å². The van der Waals surface area contributed by atoms with Gasteiger partial charge in [0.15, 0.2) is 5.75 Å². The van der Waals surface area contributed by atoms with Gasteiger partial charge >= 0.3 is 0 Å². The SMILES string of the molecule is CC1(C)CCC(C)(C)c2cc(N(c3ccc4c(c3)C(C)(C)CCC4(C)C)c3cccc4c3Oc3c(-c5ccccc5)cccc3C43C4CC5CC(C4)CC3C5)ccc21. The standard InChI is InChI=1S/C56H63NO/c1-52(2)24-26-54(5,6)47-33-40(20-22-43(47)52)57(41-21-23-44-48(34-41)55(7,8)27-25-53(44,3)4)49-19-13-18-46-51(49)58-50-42(37-14-10-9-11-15-37)16-12-17-45(50)56(46)38-29-35-28-36(31-38)32-39(56)30-35/h9-23,33-36,38-39H,24-32H2,1-8H3. The van der Waals surface area contributed by atoms with E-state index in [1.807, 2.05) is 0 Å². The number of hydrogen-bond donors (Lipinski definition) is 0. The van der Waals surface area contributed by atoms with Crippen LogP contribution in [0.2, 0.25) is 0 Å². The molecule has 12 rings (SSSR count). The minimum Gasteiger partial charge on any atom is -0.454 e. The third kappa shape index (κ3) is 5.21. The fourth-order valence-corrected chi connectivity index (χ4v) is 13.9. The van der Waals surface area contributed by atoms with E-state index in [-0.39, 0.29) is 27.1 Å². The number of para-hydroxylation sites is 2. The van der Waals surface area contributed by atoms with Crippen LogP contribution in [0.15, 0.2) is 103 Å². The monoisotopic (exact) mass is 765 g/mol. The van der Waals surface area contributed by atoms with Gasteiger partial charge in [-0.2, -0.15) is 0 Å². The molecule has 2 heteroatoms. The minimum atomic E-state index is -0.0630. The van der Waals surface area contributed by atoms with E-state index in [9.17, 15) is 0 Å². The first-order chi connectivity index (χ1) is 27.7. The molecule has 0 radical (unpaired) electrons. The Bertz CT molecular complexity index is 2350. The highest BCUT2D eigenvalue weighted by Gasteiger charge is 2.62. The molecule has 0 atom stereocenters. The molecule has 0 saturated heterocycles. The summed E-state index contributed by atoms with van der Waals surface area (Å²) in [5.41, 5.74) is 15.3. The topological polar surface area (TPSA) is 12.5 Å². The lowest BCUT2D eigenvalue weighted by Gasteiger charge is -2.63. The summed E-state index contributed by atoms with van der Waals surface area (Å²) in [6, 6.07) is 40.3. The van der Waals surface area contributed by atoms with Gasteiger partial charge in [-0.15, -0.1) is 0 Å². The zero-order chi connectivity index (χ0) is 40.0. The maximum atomic E-state index is 7.68. The highest BCUT2D eigenvalue weighted by molar-refractivity contribution is 5.86. The highest BCUT2D eigenvalue weighted by atomic mass is 16.5. The molecule has 0 amide bonds. The van der Waals surface area contributed by atoms with Gasteiger partial charge in [0.1, 0.15) is 5.75 Å². The molecule has 6 aliphatic carbocycles. The van der Waals surface area contributed by atoms with E-state index in [2.05, 4.69) is 163 Å². The Morgan fingerprint density at radius 3 is 1.47 bits per heavy atom. The van der Waals surface area contributed by atoms with Gasteiger partial charge in [-0.05, 0) is 161 Å². The summed E-state index contributed by atoms with van der Waals surface area (Å²) >= 11 is 0. The van der Waals surface area contributed by atoms with Crippen molar-refractivity contribution in [1.82, 2.24) is 0 Å². The molecule has 5 aromatic rings. The fourth-order valence-electron chi connectivity index (χ4n) is 13.9. The zero-order valence-corrected chi connectivity index (χ0v) is 36.3. The molecule has 1 heterocycles. The Labute approximate surface area is 348 Å². The molecule has 4 saturated carbocycles. The third-order valence-corrected chi connectivity index (χ3v) is 17.0. The molecule has 5 aromatic carbocycles. The lowest BCUT2D eigenvalue weighted by Crippen LogP contribution is -2.57. The van der Waals surface area contributed by atoms with Crippen LogP contribution in [0.4, 0.5) is 17.1 Å². The van der Waals surface area contributed by atoms with Crippen molar-refractivity contribution >= 4 is 17.1 Å². The Balaban J connectivity index is 1.19. The predicted molar refractivity (Wildman–Crippen MR) is 241 cm³/mol. The van der Waals surface area contributed by atoms with Crippen molar-refractivity contribution < 1.29 is 4.74 Å². The fraction of sp³-hybridized carbons (Fsp3) is 0.464. The van der Waals surface area contributed by atoms with Gasteiger partial charge < -0.3 is 9.64 Å². The maximum absolute atomic E-state index is 7.68. The first kappa shape index (κ1) is 36.8. The van der Waals surface area contributed by atoms with Crippen molar-refractivity contribution in [2.24, 2.45) is 23.7 Å². The minimum absolute atomic E-state index is 0.0630. The van der Waals surface area contributed by atoms with Crippen LogP contribution in [-0.4, -0.2) is 0 Å². The van der Waals surface area contributed by atoms with E-state index in [1.165, 1.54) is 119 Å². The number of ether oxygens (including phenoxy) is 1. The van der Waals surface area contributed by atoms with Gasteiger partial charge in [-0.1, -0.05) is 128 Å². The van der Waals surface area contributed by atoms with Gasteiger partial charge in [-0.25, -0.2) is 0 Å². The van der Waals surface area contributed by atoms with Gasteiger partial charge in [0, 0.05) is 33.5 Å². The van der Waals surface area contributed by atoms with Crippen LogP contribution in [0.3, 0.4) is 0 Å². The zero-order valence-electron chi connectivity index (χ0n) is 36.3. The van der Waals surface area contributed by atoms with Crippen LogP contribution in [0, 0.1) is 23.7 Å². The maximum Gasteiger partial charge on any atom is 0.155 e. The Hall–Kier alpha value is -4.30. The van der Waals surface area contributed by atoms with Crippen LogP contribution < -0.4 is 9.64 Å². The van der Waals surface area contributed by atoms with E-state index in [4.69, 9.17) is 4.74 Å². The molecule has 4 bridgehead atoms. The Morgan fingerprint density at radius 1 is 0.448 bits per heavy atom. The molecule has 2 nitrogen and oxygen atoms in total. The largest absolute Gasteiger partial charge is 0.454 e. The van der Waals surface area contributed by atoms with Gasteiger partial charge in [-0.3, -0.25) is 0 Å². The van der Waals surface area contributed by atoms with Crippen molar-refractivity contribution in [3.05, 3.63) is 137 Å². The third-order valence-electron chi connectivity index (χ3n) is 17.0. The molecule has 0 unspecified atom stereocenters. The van der Waals surface area contributed by atoms with Crippen molar-refractivity contribution in [2.75, 3.05) is 4.90 Å². The summed E-state index contributed by atoms with van der Waals surface area (Å²) in [6.07, 6.45) is 11.6. The molecular formula is C56H63NO. The van der Waals surface area contributed by atoms with Gasteiger partial charge in [0.05, 0.1) is 5.69 Å². The number of rotatable bonds is 4. The molecule has 1 aliphatic heterocycles. The summed E-state index contributed by atoms with van der Waals surface area (Å²) in [5.74, 6) is 5.14. The van der Waals surface area contributed by atoms with Crippen LogP contribution >= 0.6 is 0 Å². The normalized spacial score (nSPS) is 28.5. The second kappa shape index (κ2) is 12.4. The van der Waals surface area contributed by atoms with E-state index >= 15 is 0 Å². The summed E-state index contributed by atoms with van der Waals surface area (Å²) < 4.78 is 7.68. The predicted octanol–water partition coefficient (Wildman–Crippen LogP) is 15.4. The molecular weight excluding hydrogens is 703 g/mol. The smallest absolute Gasteiger partial charge is 0.155 e. The van der Waals surface area contributed by atoms with E-state index in [0.29, 0.717) is 11.8 Å². The molecule has 1 spiro atoms. The van der Waals surface area contributed by atoms with E-state index < -0.39 is 0 Å². The molecule has 0 aromatic heterocycles. The summed E-state index contributed by atoms with van der Waals surface area (Å²) in [6.45, 7) is 19.6. The molecule has 298 valence electrons. The number of nitrogens with zero attached hydrogens (tertiary/aromatic N) is 1. The first-order valence-electron chi connectivity index (χ1n) is 22.8. The second-order valence-corrected chi connectivity index (χ2v) is 22.3. The van der Waals surface area contributed by atoms with Crippen LogP contribution in [0.5, 0.6) is 11.5 Å². The molecule has 58 heavy (non-hydrogen) atoms. The van der Waals surface area contributed by atoms with Crippen molar-refractivity contribution in [3.63, 3.8) is 0 Å². The summed E-state index contributed by atoms with van der Waals surface area (Å²) in [5, 5.41) is 0. The van der Waals surface area contributed by atoms with Crippen molar-refractivity contribution in [1.29, 1.82) is 0 Å². The lowest BCUT2D eigenvalue weighted by atomic mass is 9.41. The Morgan fingerprint density at radius 2 is 0.931 bits per heavy atom. The van der Waals surface area contributed by atoms with Crippen LogP contribution in [0.25, 0.3) is 11.1 Å². The van der Waals surface area contributed by atoms with Crippen molar-refractivity contribution in [3.8, 4) is 22.6 Å². The number of benzene rings is 5. The molecule has 7 aliphatic rings. The molecule has 0 N–H and O–H groups in total. The highest BCUT2D eigenvalue weighted by Crippen LogP contribution is 2.70. The van der Waals surface area contributed by atoms with Crippen LogP contribution in [-0.2, 0) is 27.1 Å². The van der Waals surface area contributed by atoms with Gasteiger partial charge in [0.2, 0.25) is 0 Å². The van der Waals surface area contributed by atoms with Crippen LogP contribution in [0.1, 0.15) is 147 Å². The van der Waals surface area contributed by atoms with Crippen molar-refractivity contribution in [2.45, 2.75) is 140 Å². The average Bonchev–Trinajstić information content (AvgIpc) is 3.20. The lowest BCUT2D eigenvalue weighted by molar-refractivity contribution is -0.0451.